The van der Waals surface area contributed by atoms with Crippen LogP contribution in [0.2, 0.25) is 0 Å². The van der Waals surface area contributed by atoms with Crippen molar-refractivity contribution in [3.8, 4) is 0 Å². The van der Waals surface area contributed by atoms with Crippen LogP contribution in [0, 0.1) is 0 Å². The molecule has 1 aromatic rings. The molecule has 0 aliphatic carbocycles. The van der Waals surface area contributed by atoms with E-state index in [1.54, 1.807) is 17.0 Å². The Balaban J connectivity index is 1.89. The third-order valence-electron chi connectivity index (χ3n) is 4.03. The Labute approximate surface area is 149 Å². The van der Waals surface area contributed by atoms with Crippen LogP contribution in [0.3, 0.4) is 0 Å². The molecular formula is C19H29N3O3. The molecule has 0 bridgehead atoms. The zero-order valence-electron chi connectivity index (χ0n) is 15.6. The second kappa shape index (κ2) is 8.23. The summed E-state index contributed by atoms with van der Waals surface area (Å²) in [6.45, 7) is 9.55. The third-order valence-corrected chi connectivity index (χ3v) is 4.03. The van der Waals surface area contributed by atoms with E-state index in [-0.39, 0.29) is 18.0 Å². The lowest BCUT2D eigenvalue weighted by molar-refractivity contribution is 0.0235. The van der Waals surface area contributed by atoms with Gasteiger partial charge < -0.3 is 20.3 Å². The number of nitrogens with zero attached hydrogens (tertiary/aromatic N) is 1. The lowest BCUT2D eigenvalue weighted by Crippen LogP contribution is -2.42. The standard InChI is InChI=1S/C19H29N3O3/c1-5-20-17(23)14-8-10-15(11-9-14)21-13-16-7-6-12-22(16)18(24)25-19(2,3)4/h8-11,16,21H,5-7,12-13H2,1-4H3,(H,20,23). The van der Waals surface area contributed by atoms with Gasteiger partial charge in [-0.1, -0.05) is 0 Å². The van der Waals surface area contributed by atoms with Crippen molar-refractivity contribution >= 4 is 17.7 Å². The molecule has 0 spiro atoms. The van der Waals surface area contributed by atoms with Gasteiger partial charge in [-0.25, -0.2) is 4.79 Å². The fraction of sp³-hybridized carbons (Fsp3) is 0.579. The summed E-state index contributed by atoms with van der Waals surface area (Å²) in [6.07, 6.45) is 1.70. The number of likely N-dealkylation sites (tertiary alicyclic amines) is 1. The number of carbonyl (C=O) groups is 2. The van der Waals surface area contributed by atoms with Crippen LogP contribution in [0.4, 0.5) is 10.5 Å². The Bertz CT molecular complexity index is 593. The second-order valence-corrected chi connectivity index (χ2v) is 7.29. The summed E-state index contributed by atoms with van der Waals surface area (Å²) in [4.78, 5) is 25.9. The number of anilines is 1. The highest BCUT2D eigenvalue weighted by molar-refractivity contribution is 5.94. The predicted octanol–water partition coefficient (Wildman–Crippen LogP) is 3.25. The zero-order valence-corrected chi connectivity index (χ0v) is 15.6. The molecule has 6 nitrogen and oxygen atoms in total. The summed E-state index contributed by atoms with van der Waals surface area (Å²) in [7, 11) is 0. The van der Waals surface area contributed by atoms with Gasteiger partial charge in [0, 0.05) is 30.9 Å². The van der Waals surface area contributed by atoms with E-state index in [4.69, 9.17) is 4.74 Å². The van der Waals surface area contributed by atoms with Crippen molar-refractivity contribution in [3.05, 3.63) is 29.8 Å². The van der Waals surface area contributed by atoms with Crippen molar-refractivity contribution in [3.63, 3.8) is 0 Å². The van der Waals surface area contributed by atoms with E-state index in [9.17, 15) is 9.59 Å². The quantitative estimate of drug-likeness (QED) is 0.858. The Morgan fingerprint density at radius 2 is 1.92 bits per heavy atom. The van der Waals surface area contributed by atoms with Crippen LogP contribution in [0.5, 0.6) is 0 Å². The molecule has 1 aromatic carbocycles. The number of nitrogens with one attached hydrogen (secondary N) is 2. The van der Waals surface area contributed by atoms with E-state index >= 15 is 0 Å². The van der Waals surface area contributed by atoms with Crippen LogP contribution < -0.4 is 10.6 Å². The number of hydrogen-bond acceptors (Lipinski definition) is 4. The molecule has 1 aliphatic heterocycles. The summed E-state index contributed by atoms with van der Waals surface area (Å²) in [5, 5.41) is 6.13. The maximum Gasteiger partial charge on any atom is 0.410 e. The number of amides is 2. The van der Waals surface area contributed by atoms with Crippen LogP contribution >= 0.6 is 0 Å². The fourth-order valence-electron chi connectivity index (χ4n) is 2.85. The Morgan fingerprint density at radius 3 is 2.52 bits per heavy atom. The van der Waals surface area contributed by atoms with Crippen LogP contribution in [-0.4, -0.2) is 48.2 Å². The van der Waals surface area contributed by atoms with Gasteiger partial charge in [0.05, 0.1) is 6.04 Å². The van der Waals surface area contributed by atoms with Crippen molar-refractivity contribution in [2.24, 2.45) is 0 Å². The van der Waals surface area contributed by atoms with Crippen molar-refractivity contribution < 1.29 is 14.3 Å². The normalized spacial score (nSPS) is 17.3. The molecule has 2 amide bonds. The highest BCUT2D eigenvalue weighted by Gasteiger charge is 2.31. The third kappa shape index (κ3) is 5.66. The lowest BCUT2D eigenvalue weighted by atomic mass is 10.1. The van der Waals surface area contributed by atoms with E-state index in [0.29, 0.717) is 18.7 Å². The molecule has 1 unspecified atom stereocenters. The van der Waals surface area contributed by atoms with Gasteiger partial charge in [-0.2, -0.15) is 0 Å². The van der Waals surface area contributed by atoms with Crippen LogP contribution in [0.25, 0.3) is 0 Å². The summed E-state index contributed by atoms with van der Waals surface area (Å²) >= 11 is 0. The average Bonchev–Trinajstić information content (AvgIpc) is 3.01. The fourth-order valence-corrected chi connectivity index (χ4v) is 2.85. The number of ether oxygens (including phenoxy) is 1. The van der Waals surface area contributed by atoms with Gasteiger partial charge in [0.25, 0.3) is 5.91 Å². The predicted molar refractivity (Wildman–Crippen MR) is 98.9 cm³/mol. The van der Waals surface area contributed by atoms with Gasteiger partial charge in [-0.3, -0.25) is 4.79 Å². The summed E-state index contributed by atoms with van der Waals surface area (Å²) < 4.78 is 5.48. The SMILES string of the molecule is CCNC(=O)c1ccc(NCC2CCCN2C(=O)OC(C)(C)C)cc1. The van der Waals surface area contributed by atoms with Crippen LogP contribution in [0.1, 0.15) is 50.9 Å². The Kier molecular flexibility index (Phi) is 6.28. The number of hydrogen-bond donors (Lipinski definition) is 2. The highest BCUT2D eigenvalue weighted by atomic mass is 16.6. The van der Waals surface area contributed by atoms with Gasteiger partial charge in [0.1, 0.15) is 5.60 Å². The molecule has 2 N–H and O–H groups in total. The molecule has 0 saturated carbocycles. The molecule has 25 heavy (non-hydrogen) atoms. The molecule has 1 saturated heterocycles. The summed E-state index contributed by atoms with van der Waals surface area (Å²) in [6, 6.07) is 7.49. The molecule has 0 aromatic heterocycles. The highest BCUT2D eigenvalue weighted by Crippen LogP contribution is 2.21. The summed E-state index contributed by atoms with van der Waals surface area (Å²) in [5.74, 6) is -0.0686. The summed E-state index contributed by atoms with van der Waals surface area (Å²) in [5.41, 5.74) is 1.10. The molecule has 2 rings (SSSR count). The molecule has 138 valence electrons. The Morgan fingerprint density at radius 1 is 1.24 bits per heavy atom. The van der Waals surface area contributed by atoms with E-state index in [2.05, 4.69) is 10.6 Å². The minimum Gasteiger partial charge on any atom is -0.444 e. The number of rotatable bonds is 5. The first-order chi connectivity index (χ1) is 11.8. The maximum absolute atomic E-state index is 12.3. The minimum absolute atomic E-state index is 0.0686. The van der Waals surface area contributed by atoms with E-state index in [1.165, 1.54) is 0 Å². The van der Waals surface area contributed by atoms with Crippen LogP contribution in [0.15, 0.2) is 24.3 Å². The van der Waals surface area contributed by atoms with Crippen LogP contribution in [-0.2, 0) is 4.74 Å². The van der Waals surface area contributed by atoms with E-state index in [0.717, 1.165) is 25.1 Å². The first kappa shape index (κ1) is 19.1. The number of carbonyl (C=O) groups excluding carboxylic acids is 2. The largest absolute Gasteiger partial charge is 0.444 e. The smallest absolute Gasteiger partial charge is 0.410 e. The van der Waals surface area contributed by atoms with Gasteiger partial charge in [-0.15, -0.1) is 0 Å². The molecule has 1 fully saturated rings. The van der Waals surface area contributed by atoms with E-state index < -0.39 is 5.60 Å². The van der Waals surface area contributed by atoms with Gasteiger partial charge in [0.2, 0.25) is 0 Å². The molecular weight excluding hydrogens is 318 g/mol. The first-order valence-corrected chi connectivity index (χ1v) is 8.92. The molecule has 0 radical (unpaired) electrons. The first-order valence-electron chi connectivity index (χ1n) is 8.92. The van der Waals surface area contributed by atoms with Gasteiger partial charge in [0.15, 0.2) is 0 Å². The minimum atomic E-state index is -0.480. The topological polar surface area (TPSA) is 70.7 Å². The molecule has 1 atom stereocenters. The number of benzene rings is 1. The van der Waals surface area contributed by atoms with Crippen molar-refractivity contribution in [2.75, 3.05) is 25.0 Å². The molecule has 6 heteroatoms. The monoisotopic (exact) mass is 347 g/mol. The van der Waals surface area contributed by atoms with Crippen molar-refractivity contribution in [1.29, 1.82) is 0 Å². The Hall–Kier alpha value is -2.24. The van der Waals surface area contributed by atoms with Gasteiger partial charge >= 0.3 is 6.09 Å². The average molecular weight is 347 g/mol. The van der Waals surface area contributed by atoms with Crippen molar-refractivity contribution in [2.45, 2.75) is 52.2 Å². The second-order valence-electron chi connectivity index (χ2n) is 7.29. The lowest BCUT2D eigenvalue weighted by Gasteiger charge is -2.29. The maximum atomic E-state index is 12.3. The van der Waals surface area contributed by atoms with E-state index in [1.807, 2.05) is 39.8 Å². The van der Waals surface area contributed by atoms with Gasteiger partial charge in [-0.05, 0) is 64.8 Å². The van der Waals surface area contributed by atoms with Crippen molar-refractivity contribution in [1.82, 2.24) is 10.2 Å². The molecule has 1 heterocycles. The molecule has 1 aliphatic rings. The zero-order chi connectivity index (χ0) is 18.4.